The zero-order valence-electron chi connectivity index (χ0n) is 11.9. The van der Waals surface area contributed by atoms with Crippen LogP contribution in [0.2, 0.25) is 0 Å². The number of Topliss-reactive ketones (excluding diaryl/α,β-unsaturated/α-hetero) is 1. The monoisotopic (exact) mass is 280 g/mol. The molecular weight excluding hydrogens is 260 g/mol. The van der Waals surface area contributed by atoms with Crippen molar-refractivity contribution in [1.82, 2.24) is 0 Å². The first-order chi connectivity index (χ1) is 9.24. The molecule has 3 saturated carbocycles. The molecular formula is C15H20O5. The summed E-state index contributed by atoms with van der Waals surface area (Å²) in [6.45, 7) is 6.39. The number of aliphatic hydroxyl groups is 2. The molecule has 5 fully saturated rings. The number of rotatable bonds is 0. The Kier molecular flexibility index (Phi) is 1.66. The Labute approximate surface area is 117 Å². The highest BCUT2D eigenvalue weighted by Crippen LogP contribution is 2.80. The van der Waals surface area contributed by atoms with Gasteiger partial charge in [-0.25, -0.2) is 0 Å². The molecule has 20 heavy (non-hydrogen) atoms. The van der Waals surface area contributed by atoms with E-state index in [1.807, 2.05) is 20.8 Å². The van der Waals surface area contributed by atoms with Gasteiger partial charge in [-0.2, -0.15) is 0 Å². The van der Waals surface area contributed by atoms with E-state index in [0.717, 1.165) is 0 Å². The zero-order valence-corrected chi connectivity index (χ0v) is 11.9. The van der Waals surface area contributed by atoms with Crippen LogP contribution in [0.5, 0.6) is 0 Å². The SMILES string of the molecule is CC1(C)CC2C(O)C3(CO3)C34OC3C(=O)C4(C)C2C1O. The quantitative estimate of drug-likeness (QED) is 0.605. The van der Waals surface area contributed by atoms with Crippen molar-refractivity contribution in [2.24, 2.45) is 22.7 Å². The Bertz CT molecular complexity index is 552. The van der Waals surface area contributed by atoms with E-state index in [-0.39, 0.29) is 23.0 Å². The lowest BCUT2D eigenvalue weighted by molar-refractivity contribution is -0.184. The largest absolute Gasteiger partial charge is 0.392 e. The first kappa shape index (κ1) is 12.1. The summed E-state index contributed by atoms with van der Waals surface area (Å²) in [7, 11) is 0. The summed E-state index contributed by atoms with van der Waals surface area (Å²) in [4.78, 5) is 12.5. The van der Waals surface area contributed by atoms with Gasteiger partial charge in [-0.15, -0.1) is 0 Å². The third-order valence-corrected chi connectivity index (χ3v) is 7.14. The first-order valence-electron chi connectivity index (χ1n) is 7.46. The summed E-state index contributed by atoms with van der Waals surface area (Å²) in [5.74, 6) is -0.230. The minimum Gasteiger partial charge on any atom is -0.392 e. The number of epoxide rings is 2. The lowest BCUT2D eigenvalue weighted by Gasteiger charge is -2.56. The number of hydrogen-bond acceptors (Lipinski definition) is 5. The van der Waals surface area contributed by atoms with Crippen molar-refractivity contribution in [2.45, 2.75) is 56.7 Å². The molecule has 110 valence electrons. The van der Waals surface area contributed by atoms with Crippen LogP contribution in [0.4, 0.5) is 0 Å². The molecule has 0 bridgehead atoms. The lowest BCUT2D eigenvalue weighted by Crippen LogP contribution is -2.76. The lowest BCUT2D eigenvalue weighted by atomic mass is 9.43. The van der Waals surface area contributed by atoms with Gasteiger partial charge in [0.25, 0.3) is 0 Å². The summed E-state index contributed by atoms with van der Waals surface area (Å²) in [6.07, 6.45) is -0.930. The number of ketones is 1. The van der Waals surface area contributed by atoms with Crippen molar-refractivity contribution in [2.75, 3.05) is 6.61 Å². The molecule has 0 aromatic carbocycles. The van der Waals surface area contributed by atoms with Crippen LogP contribution in [0.25, 0.3) is 0 Å². The molecule has 2 aliphatic heterocycles. The van der Waals surface area contributed by atoms with E-state index < -0.39 is 34.9 Å². The zero-order chi connectivity index (χ0) is 14.3. The van der Waals surface area contributed by atoms with Crippen LogP contribution in [0.3, 0.4) is 0 Å². The van der Waals surface area contributed by atoms with Crippen LogP contribution >= 0.6 is 0 Å². The van der Waals surface area contributed by atoms with Crippen LogP contribution < -0.4 is 0 Å². The number of fused-ring (bicyclic) bond motifs is 2. The molecule has 0 aromatic rings. The maximum atomic E-state index is 12.5. The predicted octanol–water partition coefficient (Wildman–Crippen LogP) is -0.120. The van der Waals surface area contributed by atoms with E-state index in [9.17, 15) is 15.0 Å². The number of aliphatic hydroxyl groups excluding tert-OH is 2. The van der Waals surface area contributed by atoms with Crippen molar-refractivity contribution in [3.05, 3.63) is 0 Å². The Morgan fingerprint density at radius 1 is 1.20 bits per heavy atom. The molecule has 8 unspecified atom stereocenters. The van der Waals surface area contributed by atoms with Crippen LogP contribution in [0.15, 0.2) is 0 Å². The maximum Gasteiger partial charge on any atom is 0.174 e. The third-order valence-electron chi connectivity index (χ3n) is 7.14. The van der Waals surface area contributed by atoms with Gasteiger partial charge >= 0.3 is 0 Å². The second-order valence-corrected chi connectivity index (χ2v) is 8.25. The van der Waals surface area contributed by atoms with E-state index in [0.29, 0.717) is 13.0 Å². The highest BCUT2D eigenvalue weighted by Gasteiger charge is 2.99. The van der Waals surface area contributed by atoms with E-state index in [1.54, 1.807) is 0 Å². The molecule has 3 aliphatic carbocycles. The van der Waals surface area contributed by atoms with Crippen molar-refractivity contribution in [3.8, 4) is 0 Å². The van der Waals surface area contributed by atoms with Gasteiger partial charge < -0.3 is 19.7 Å². The van der Waals surface area contributed by atoms with Crippen molar-refractivity contribution in [3.63, 3.8) is 0 Å². The Morgan fingerprint density at radius 2 is 1.85 bits per heavy atom. The molecule has 2 N–H and O–H groups in total. The minimum atomic E-state index is -0.703. The van der Waals surface area contributed by atoms with Gasteiger partial charge in [0.1, 0.15) is 5.60 Å². The summed E-state index contributed by atoms with van der Waals surface area (Å²) < 4.78 is 11.4. The fraction of sp³-hybridized carbons (Fsp3) is 0.933. The fourth-order valence-corrected chi connectivity index (χ4v) is 5.99. The van der Waals surface area contributed by atoms with E-state index in [4.69, 9.17) is 9.47 Å². The molecule has 0 aromatic heterocycles. The van der Waals surface area contributed by atoms with E-state index >= 15 is 0 Å². The standard InChI is InChI=1S/C15H20O5/c1-12(2)4-6-7(9(12)17)13(3)10(18)11-15(13,20-11)14(5-19-14)8(6)16/h6-9,11,16-17H,4-5H2,1-3H3. The smallest absolute Gasteiger partial charge is 0.174 e. The van der Waals surface area contributed by atoms with Crippen LogP contribution in [-0.2, 0) is 14.3 Å². The van der Waals surface area contributed by atoms with Crippen molar-refractivity contribution >= 4 is 5.78 Å². The van der Waals surface area contributed by atoms with Gasteiger partial charge in [0, 0.05) is 5.92 Å². The molecule has 5 nitrogen and oxygen atoms in total. The summed E-state index contributed by atoms with van der Waals surface area (Å²) >= 11 is 0. The topological polar surface area (TPSA) is 82.6 Å². The number of ether oxygens (including phenoxy) is 2. The number of carbonyl (C=O) groups excluding carboxylic acids is 1. The molecule has 5 rings (SSSR count). The number of hydrogen-bond donors (Lipinski definition) is 2. The van der Waals surface area contributed by atoms with Crippen molar-refractivity contribution in [1.29, 1.82) is 0 Å². The van der Waals surface area contributed by atoms with Gasteiger partial charge in [0.15, 0.2) is 17.5 Å². The molecule has 5 heteroatoms. The molecule has 0 amide bonds. The molecule has 0 radical (unpaired) electrons. The highest BCUT2D eigenvalue weighted by atomic mass is 16.7. The average Bonchev–Trinajstić information content (AvgIpc) is 3.25. The Balaban J connectivity index is 1.71. The molecule has 5 aliphatic rings. The summed E-state index contributed by atoms with van der Waals surface area (Å²) in [5, 5.41) is 21.5. The Hall–Kier alpha value is -0.490. The van der Waals surface area contributed by atoms with Gasteiger partial charge in [-0.05, 0) is 24.7 Å². The van der Waals surface area contributed by atoms with E-state index in [1.165, 1.54) is 0 Å². The van der Waals surface area contributed by atoms with Crippen molar-refractivity contribution < 1.29 is 24.5 Å². The van der Waals surface area contributed by atoms with Gasteiger partial charge in [0.2, 0.25) is 0 Å². The fourth-order valence-electron chi connectivity index (χ4n) is 5.99. The molecule has 2 spiro atoms. The second-order valence-electron chi connectivity index (χ2n) is 8.25. The van der Waals surface area contributed by atoms with Gasteiger partial charge in [-0.1, -0.05) is 13.8 Å². The summed E-state index contributed by atoms with van der Waals surface area (Å²) in [6, 6.07) is 0. The second kappa shape index (κ2) is 2.74. The summed E-state index contributed by atoms with van der Waals surface area (Å²) in [5.41, 5.74) is -2.35. The Morgan fingerprint density at radius 3 is 2.40 bits per heavy atom. The number of carbonyl (C=O) groups is 1. The molecule has 8 atom stereocenters. The average molecular weight is 280 g/mol. The maximum absolute atomic E-state index is 12.5. The molecule has 2 heterocycles. The van der Waals surface area contributed by atoms with Gasteiger partial charge in [-0.3, -0.25) is 4.79 Å². The normalized spacial score (nSPS) is 68.0. The van der Waals surface area contributed by atoms with E-state index in [2.05, 4.69) is 0 Å². The van der Waals surface area contributed by atoms with Crippen LogP contribution in [0.1, 0.15) is 27.2 Å². The van der Waals surface area contributed by atoms with Gasteiger partial charge in [0.05, 0.1) is 24.2 Å². The molecule has 2 saturated heterocycles. The van der Waals surface area contributed by atoms with Crippen LogP contribution in [-0.4, -0.2) is 52.1 Å². The first-order valence-corrected chi connectivity index (χ1v) is 7.46. The third kappa shape index (κ3) is 0.815. The highest BCUT2D eigenvalue weighted by molar-refractivity contribution is 6.04. The predicted molar refractivity (Wildman–Crippen MR) is 66.8 cm³/mol. The minimum absolute atomic E-state index is 0.0889. The van der Waals surface area contributed by atoms with Crippen LogP contribution in [0, 0.1) is 22.7 Å².